The molecule has 2 aromatic carbocycles. The number of alkyl halides is 3. The van der Waals surface area contributed by atoms with Gasteiger partial charge in [0, 0.05) is 11.6 Å². The van der Waals surface area contributed by atoms with Crippen LogP contribution in [0, 0.1) is 10.1 Å². The molecule has 0 fully saturated rings. The van der Waals surface area contributed by atoms with Crippen LogP contribution >= 0.6 is 0 Å². The van der Waals surface area contributed by atoms with Gasteiger partial charge in [0.05, 0.1) is 10.5 Å². The quantitative estimate of drug-likeness (QED) is 0.525. The molecule has 1 aromatic heterocycles. The van der Waals surface area contributed by atoms with Crippen LogP contribution in [0.2, 0.25) is 0 Å². The van der Waals surface area contributed by atoms with Gasteiger partial charge in [-0.05, 0) is 30.3 Å². The predicted molar refractivity (Wildman–Crippen MR) is 76.8 cm³/mol. The monoisotopic (exact) mass is 335 g/mol. The standard InChI is InChI=1S/C15H8F3N3O3/c16-15(17,18)10-7-5-9(6-8-10)13-19-20-14(24-13)11-3-1-2-4-12(11)21(22)23/h1-8H. The van der Waals surface area contributed by atoms with Crippen LogP contribution < -0.4 is 0 Å². The molecule has 3 aromatic rings. The van der Waals surface area contributed by atoms with Crippen molar-refractivity contribution in [3.05, 3.63) is 64.2 Å². The Morgan fingerprint density at radius 3 is 2.21 bits per heavy atom. The molecular formula is C15H8F3N3O3. The number of halogens is 3. The fraction of sp³-hybridized carbons (Fsp3) is 0.0667. The molecule has 0 N–H and O–H groups in total. The van der Waals surface area contributed by atoms with E-state index in [0.29, 0.717) is 0 Å². The van der Waals surface area contributed by atoms with E-state index < -0.39 is 16.7 Å². The minimum Gasteiger partial charge on any atom is -0.416 e. The summed E-state index contributed by atoms with van der Waals surface area (Å²) in [6, 6.07) is 9.98. The van der Waals surface area contributed by atoms with E-state index in [-0.39, 0.29) is 28.6 Å². The number of nitro benzene ring substituents is 1. The molecule has 0 amide bonds. The average Bonchev–Trinajstić information content (AvgIpc) is 3.04. The van der Waals surface area contributed by atoms with E-state index in [2.05, 4.69) is 10.2 Å². The van der Waals surface area contributed by atoms with Crippen LogP contribution in [0.15, 0.2) is 52.9 Å². The van der Waals surface area contributed by atoms with E-state index in [1.54, 1.807) is 6.07 Å². The normalized spacial score (nSPS) is 11.5. The first-order valence-corrected chi connectivity index (χ1v) is 6.61. The van der Waals surface area contributed by atoms with E-state index in [0.717, 1.165) is 12.1 Å². The molecule has 122 valence electrons. The second-order valence-electron chi connectivity index (χ2n) is 4.76. The molecule has 1 heterocycles. The molecule has 3 rings (SSSR count). The first kappa shape index (κ1) is 15.7. The number of nitrogens with zero attached hydrogens (tertiary/aromatic N) is 3. The van der Waals surface area contributed by atoms with Crippen LogP contribution in [0.5, 0.6) is 0 Å². The zero-order chi connectivity index (χ0) is 17.3. The molecule has 0 aliphatic heterocycles. The fourth-order valence-electron chi connectivity index (χ4n) is 2.06. The van der Waals surface area contributed by atoms with Crippen LogP contribution in [0.3, 0.4) is 0 Å². The minimum atomic E-state index is -4.44. The number of hydrogen-bond donors (Lipinski definition) is 0. The van der Waals surface area contributed by atoms with Crippen molar-refractivity contribution in [2.45, 2.75) is 6.18 Å². The Kier molecular flexibility index (Phi) is 3.76. The van der Waals surface area contributed by atoms with Crippen molar-refractivity contribution in [3.8, 4) is 22.9 Å². The lowest BCUT2D eigenvalue weighted by Gasteiger charge is -2.05. The van der Waals surface area contributed by atoms with Crippen molar-refractivity contribution in [1.82, 2.24) is 10.2 Å². The summed E-state index contributed by atoms with van der Waals surface area (Å²) in [6.07, 6.45) is -4.44. The van der Waals surface area contributed by atoms with Gasteiger partial charge in [0.1, 0.15) is 5.56 Å². The van der Waals surface area contributed by atoms with E-state index >= 15 is 0 Å². The maximum absolute atomic E-state index is 12.6. The summed E-state index contributed by atoms with van der Waals surface area (Å²) in [4.78, 5) is 10.4. The van der Waals surface area contributed by atoms with Crippen molar-refractivity contribution in [3.63, 3.8) is 0 Å². The van der Waals surface area contributed by atoms with Gasteiger partial charge in [-0.15, -0.1) is 10.2 Å². The molecule has 0 radical (unpaired) electrons. The maximum atomic E-state index is 12.6. The minimum absolute atomic E-state index is 0.0307. The van der Waals surface area contributed by atoms with Gasteiger partial charge in [-0.25, -0.2) is 0 Å². The molecule has 0 atom stereocenters. The Morgan fingerprint density at radius 2 is 1.58 bits per heavy atom. The molecule has 0 saturated carbocycles. The SMILES string of the molecule is O=[N+]([O-])c1ccccc1-c1nnc(-c2ccc(C(F)(F)F)cc2)o1. The molecule has 24 heavy (non-hydrogen) atoms. The summed E-state index contributed by atoms with van der Waals surface area (Å²) in [7, 11) is 0. The zero-order valence-electron chi connectivity index (χ0n) is 11.8. The molecule has 9 heteroatoms. The van der Waals surface area contributed by atoms with Crippen LogP contribution in [0.4, 0.5) is 18.9 Å². The van der Waals surface area contributed by atoms with Gasteiger partial charge in [0.25, 0.3) is 11.6 Å². The van der Waals surface area contributed by atoms with Crippen molar-refractivity contribution in [2.75, 3.05) is 0 Å². The topological polar surface area (TPSA) is 82.1 Å². The first-order valence-electron chi connectivity index (χ1n) is 6.61. The molecule has 6 nitrogen and oxygen atoms in total. The lowest BCUT2D eigenvalue weighted by molar-refractivity contribution is -0.384. The molecule has 0 spiro atoms. The number of nitro groups is 1. The highest BCUT2D eigenvalue weighted by atomic mass is 19.4. The predicted octanol–water partition coefficient (Wildman–Crippen LogP) is 4.33. The van der Waals surface area contributed by atoms with E-state index in [1.165, 1.54) is 30.3 Å². The van der Waals surface area contributed by atoms with Crippen molar-refractivity contribution in [2.24, 2.45) is 0 Å². The van der Waals surface area contributed by atoms with Crippen LogP contribution in [-0.2, 0) is 6.18 Å². The Bertz CT molecular complexity index is 889. The summed E-state index contributed by atoms with van der Waals surface area (Å²) in [5.41, 5.74) is -0.599. The first-order chi connectivity index (χ1) is 11.4. The summed E-state index contributed by atoms with van der Waals surface area (Å²) < 4.78 is 43.0. The Labute approximate surface area is 132 Å². The van der Waals surface area contributed by atoms with Crippen molar-refractivity contribution >= 4 is 5.69 Å². The van der Waals surface area contributed by atoms with Crippen LogP contribution in [0.25, 0.3) is 22.9 Å². The smallest absolute Gasteiger partial charge is 0.416 e. The molecule has 0 aliphatic carbocycles. The van der Waals surface area contributed by atoms with Gasteiger partial charge >= 0.3 is 6.18 Å². The van der Waals surface area contributed by atoms with Gasteiger partial charge in [-0.2, -0.15) is 13.2 Å². The summed E-state index contributed by atoms with van der Waals surface area (Å²) in [5, 5.41) is 18.5. The van der Waals surface area contributed by atoms with Crippen molar-refractivity contribution in [1.29, 1.82) is 0 Å². The summed E-state index contributed by atoms with van der Waals surface area (Å²) in [5.74, 6) is -0.117. The van der Waals surface area contributed by atoms with E-state index in [1.807, 2.05) is 0 Å². The van der Waals surface area contributed by atoms with Crippen LogP contribution in [-0.4, -0.2) is 15.1 Å². The highest BCUT2D eigenvalue weighted by Gasteiger charge is 2.30. The number of aromatic nitrogens is 2. The maximum Gasteiger partial charge on any atom is 0.416 e. The number of rotatable bonds is 3. The third-order valence-electron chi connectivity index (χ3n) is 3.22. The van der Waals surface area contributed by atoms with Gasteiger partial charge in [-0.3, -0.25) is 10.1 Å². The Morgan fingerprint density at radius 1 is 0.958 bits per heavy atom. The second-order valence-corrected chi connectivity index (χ2v) is 4.76. The van der Waals surface area contributed by atoms with Gasteiger partial charge in [0.15, 0.2) is 0 Å². The zero-order valence-corrected chi connectivity index (χ0v) is 11.8. The third-order valence-corrected chi connectivity index (χ3v) is 3.22. The molecule has 0 unspecified atom stereocenters. The lowest BCUT2D eigenvalue weighted by atomic mass is 10.1. The number of para-hydroxylation sites is 1. The van der Waals surface area contributed by atoms with Gasteiger partial charge < -0.3 is 4.42 Å². The Hall–Kier alpha value is -3.23. The number of hydrogen-bond acceptors (Lipinski definition) is 5. The summed E-state index contributed by atoms with van der Waals surface area (Å²) in [6.45, 7) is 0. The average molecular weight is 335 g/mol. The van der Waals surface area contributed by atoms with E-state index in [9.17, 15) is 23.3 Å². The van der Waals surface area contributed by atoms with Gasteiger partial charge in [-0.1, -0.05) is 12.1 Å². The second kappa shape index (κ2) is 5.76. The van der Waals surface area contributed by atoms with Crippen LogP contribution in [0.1, 0.15) is 5.56 Å². The third kappa shape index (κ3) is 2.96. The van der Waals surface area contributed by atoms with Crippen molar-refractivity contribution < 1.29 is 22.5 Å². The molecular weight excluding hydrogens is 327 g/mol. The van der Waals surface area contributed by atoms with E-state index in [4.69, 9.17) is 4.42 Å². The molecule has 0 saturated heterocycles. The highest BCUT2D eigenvalue weighted by molar-refractivity contribution is 5.67. The highest BCUT2D eigenvalue weighted by Crippen LogP contribution is 2.33. The Balaban J connectivity index is 1.96. The molecule has 0 aliphatic rings. The largest absolute Gasteiger partial charge is 0.416 e. The number of benzene rings is 2. The van der Waals surface area contributed by atoms with Gasteiger partial charge in [0.2, 0.25) is 5.89 Å². The molecule has 0 bridgehead atoms. The fourth-order valence-corrected chi connectivity index (χ4v) is 2.06. The summed E-state index contributed by atoms with van der Waals surface area (Å²) >= 11 is 0. The lowest BCUT2D eigenvalue weighted by Crippen LogP contribution is -2.03.